The van der Waals surface area contributed by atoms with E-state index in [2.05, 4.69) is 0 Å². The van der Waals surface area contributed by atoms with Crippen molar-refractivity contribution in [3.63, 3.8) is 0 Å². The summed E-state index contributed by atoms with van der Waals surface area (Å²) in [6.45, 7) is 4.37. The molecular formula is C27H23NO3S. The lowest BCUT2D eigenvalue weighted by Gasteiger charge is -2.25. The van der Waals surface area contributed by atoms with Crippen LogP contribution in [0.5, 0.6) is 0 Å². The average molecular weight is 442 g/mol. The highest BCUT2D eigenvalue weighted by Gasteiger charge is 2.42. The maximum atomic E-state index is 13.6. The van der Waals surface area contributed by atoms with Crippen LogP contribution in [0.1, 0.15) is 44.4 Å². The largest absolute Gasteiger partial charge is 0.450 e. The van der Waals surface area contributed by atoms with Gasteiger partial charge < -0.3 is 9.32 Å². The highest BCUT2D eigenvalue weighted by atomic mass is 32.2. The van der Waals surface area contributed by atoms with E-state index in [4.69, 9.17) is 4.42 Å². The molecule has 4 aromatic rings. The van der Waals surface area contributed by atoms with E-state index in [1.807, 2.05) is 80.8 Å². The predicted molar refractivity (Wildman–Crippen MR) is 128 cm³/mol. The second-order valence-electron chi connectivity index (χ2n) is 8.27. The van der Waals surface area contributed by atoms with Crippen LogP contribution >= 0.6 is 11.8 Å². The number of hydrogen-bond donors (Lipinski definition) is 0. The van der Waals surface area contributed by atoms with E-state index in [-0.39, 0.29) is 17.1 Å². The number of nitrogens with zero attached hydrogens (tertiary/aromatic N) is 1. The van der Waals surface area contributed by atoms with Gasteiger partial charge in [-0.05, 0) is 55.5 Å². The Balaban J connectivity index is 1.70. The molecule has 5 rings (SSSR count). The van der Waals surface area contributed by atoms with Crippen LogP contribution in [0.2, 0.25) is 0 Å². The summed E-state index contributed by atoms with van der Waals surface area (Å²) in [4.78, 5) is 30.0. The molecule has 0 N–H and O–H groups in total. The Kier molecular flexibility index (Phi) is 5.14. The first-order valence-electron chi connectivity index (χ1n) is 10.5. The van der Waals surface area contributed by atoms with E-state index < -0.39 is 6.04 Å². The fourth-order valence-corrected chi connectivity index (χ4v) is 4.73. The number of thioether (sulfide) groups is 1. The van der Waals surface area contributed by atoms with Crippen LogP contribution in [-0.2, 0) is 6.54 Å². The van der Waals surface area contributed by atoms with Crippen LogP contribution in [0.3, 0.4) is 0 Å². The molecule has 0 bridgehead atoms. The number of benzene rings is 3. The van der Waals surface area contributed by atoms with Gasteiger partial charge in [0.2, 0.25) is 5.76 Å². The number of carbonyl (C=O) groups excluding carboxylic acids is 1. The van der Waals surface area contributed by atoms with Crippen LogP contribution in [-0.4, -0.2) is 17.1 Å². The zero-order valence-corrected chi connectivity index (χ0v) is 19.0. The van der Waals surface area contributed by atoms with Gasteiger partial charge in [0.25, 0.3) is 5.91 Å². The number of amides is 1. The maximum absolute atomic E-state index is 13.6. The Morgan fingerprint density at radius 2 is 1.59 bits per heavy atom. The van der Waals surface area contributed by atoms with Gasteiger partial charge in [-0.2, -0.15) is 0 Å². The minimum atomic E-state index is -0.490. The molecule has 1 amide bonds. The first-order chi connectivity index (χ1) is 15.5. The fraction of sp³-hybridized carbons (Fsp3) is 0.185. The Morgan fingerprint density at radius 1 is 0.906 bits per heavy atom. The molecule has 1 aliphatic heterocycles. The van der Waals surface area contributed by atoms with Gasteiger partial charge in [-0.3, -0.25) is 9.59 Å². The molecule has 1 aromatic heterocycles. The van der Waals surface area contributed by atoms with Gasteiger partial charge in [-0.15, -0.1) is 11.8 Å². The van der Waals surface area contributed by atoms with Gasteiger partial charge >= 0.3 is 0 Å². The SMILES string of the molecule is CSc1ccc(C2c3c(oc4ccc(C)cc4c3=O)C(=O)N2Cc2ccc(C)cc2)cc1. The minimum absolute atomic E-state index is 0.136. The molecule has 4 nitrogen and oxygen atoms in total. The van der Waals surface area contributed by atoms with Crippen LogP contribution in [0, 0.1) is 13.8 Å². The number of aryl methyl sites for hydroxylation is 2. The van der Waals surface area contributed by atoms with Crippen LogP contribution < -0.4 is 5.43 Å². The smallest absolute Gasteiger partial charge is 0.291 e. The monoisotopic (exact) mass is 441 g/mol. The van der Waals surface area contributed by atoms with Gasteiger partial charge in [-0.1, -0.05) is 53.6 Å². The summed E-state index contributed by atoms with van der Waals surface area (Å²) in [6.07, 6.45) is 2.02. The topological polar surface area (TPSA) is 50.5 Å². The first kappa shape index (κ1) is 20.6. The summed E-state index contributed by atoms with van der Waals surface area (Å²) < 4.78 is 6.04. The second kappa shape index (κ2) is 7.99. The summed E-state index contributed by atoms with van der Waals surface area (Å²) >= 11 is 1.66. The van der Waals surface area contributed by atoms with E-state index in [0.717, 1.165) is 27.1 Å². The van der Waals surface area contributed by atoms with Gasteiger partial charge in [0.05, 0.1) is 17.0 Å². The van der Waals surface area contributed by atoms with E-state index in [1.54, 1.807) is 22.7 Å². The Labute approximate surface area is 190 Å². The van der Waals surface area contributed by atoms with Crippen molar-refractivity contribution in [2.75, 3.05) is 6.26 Å². The number of carbonyl (C=O) groups is 1. The quantitative estimate of drug-likeness (QED) is 0.371. The van der Waals surface area contributed by atoms with E-state index >= 15 is 0 Å². The van der Waals surface area contributed by atoms with Crippen LogP contribution in [0.15, 0.2) is 80.8 Å². The van der Waals surface area contributed by atoms with Crippen molar-refractivity contribution in [2.45, 2.75) is 31.3 Å². The number of rotatable bonds is 4. The van der Waals surface area contributed by atoms with E-state index in [1.165, 1.54) is 0 Å². The van der Waals surface area contributed by atoms with Gasteiger partial charge in [0.15, 0.2) is 5.43 Å². The van der Waals surface area contributed by atoms with Crippen molar-refractivity contribution < 1.29 is 9.21 Å². The summed E-state index contributed by atoms with van der Waals surface area (Å²) in [5.74, 6) is -0.100. The van der Waals surface area contributed by atoms with Crippen molar-refractivity contribution in [3.8, 4) is 0 Å². The minimum Gasteiger partial charge on any atom is -0.450 e. The summed E-state index contributed by atoms with van der Waals surface area (Å²) in [5.41, 5.74) is 4.79. The third kappa shape index (κ3) is 3.43. The zero-order valence-electron chi connectivity index (χ0n) is 18.2. The van der Waals surface area contributed by atoms with Crippen molar-refractivity contribution in [3.05, 3.63) is 111 Å². The molecule has 0 fully saturated rings. The van der Waals surface area contributed by atoms with E-state index in [0.29, 0.717) is 23.1 Å². The molecule has 0 radical (unpaired) electrons. The first-order valence-corrected chi connectivity index (χ1v) is 11.8. The third-order valence-electron chi connectivity index (χ3n) is 6.03. The van der Waals surface area contributed by atoms with Crippen molar-refractivity contribution in [2.24, 2.45) is 0 Å². The lowest BCUT2D eigenvalue weighted by atomic mass is 9.98. The highest BCUT2D eigenvalue weighted by molar-refractivity contribution is 7.98. The Hall–Kier alpha value is -3.31. The normalized spacial score (nSPS) is 15.4. The van der Waals surface area contributed by atoms with Gasteiger partial charge in [0.1, 0.15) is 5.58 Å². The van der Waals surface area contributed by atoms with Gasteiger partial charge in [-0.25, -0.2) is 0 Å². The third-order valence-corrected chi connectivity index (χ3v) is 6.77. The Bertz CT molecular complexity index is 1390. The molecule has 32 heavy (non-hydrogen) atoms. The molecule has 0 spiro atoms. The predicted octanol–water partition coefficient (Wildman–Crippen LogP) is 5.88. The fourth-order valence-electron chi connectivity index (χ4n) is 4.32. The highest BCUT2D eigenvalue weighted by Crippen LogP contribution is 2.39. The molecule has 0 aliphatic carbocycles. The average Bonchev–Trinajstić information content (AvgIpc) is 3.08. The summed E-state index contributed by atoms with van der Waals surface area (Å²) in [5, 5.41) is 0.513. The number of fused-ring (bicyclic) bond motifs is 2. The lowest BCUT2D eigenvalue weighted by molar-refractivity contribution is 0.0714. The standard InChI is InChI=1S/C27H23NO3S/c1-16-4-7-18(8-5-16)15-28-24(19-9-11-20(32-3)12-10-19)23-25(29)21-14-17(2)6-13-22(21)31-26(23)27(28)30/h4-14,24H,15H2,1-3H3. The molecule has 1 aliphatic rings. The number of hydrogen-bond acceptors (Lipinski definition) is 4. The van der Waals surface area contributed by atoms with Crippen molar-refractivity contribution in [1.29, 1.82) is 0 Å². The summed E-state index contributed by atoms with van der Waals surface area (Å²) in [6, 6.07) is 21.2. The van der Waals surface area contributed by atoms with E-state index in [9.17, 15) is 9.59 Å². The maximum Gasteiger partial charge on any atom is 0.291 e. The Morgan fingerprint density at radius 3 is 2.28 bits per heavy atom. The molecule has 3 aromatic carbocycles. The molecule has 2 heterocycles. The lowest BCUT2D eigenvalue weighted by Crippen LogP contribution is -2.29. The summed E-state index contributed by atoms with van der Waals surface area (Å²) in [7, 11) is 0. The molecular weight excluding hydrogens is 418 g/mol. The van der Waals surface area contributed by atoms with Crippen LogP contribution in [0.4, 0.5) is 0 Å². The van der Waals surface area contributed by atoms with Crippen molar-refractivity contribution in [1.82, 2.24) is 4.90 Å². The molecule has 1 unspecified atom stereocenters. The van der Waals surface area contributed by atoms with Crippen LogP contribution in [0.25, 0.3) is 11.0 Å². The van der Waals surface area contributed by atoms with Crippen molar-refractivity contribution >= 4 is 28.6 Å². The molecule has 160 valence electrons. The van der Waals surface area contributed by atoms with Gasteiger partial charge in [0, 0.05) is 11.4 Å². The zero-order chi connectivity index (χ0) is 22.4. The molecule has 5 heteroatoms. The molecule has 1 atom stereocenters. The molecule has 0 saturated heterocycles. The molecule has 0 saturated carbocycles. The second-order valence-corrected chi connectivity index (χ2v) is 9.15.